The smallest absolute Gasteiger partial charge is 0.341 e. The molecule has 32 heavy (non-hydrogen) atoms. The first-order valence-corrected chi connectivity index (χ1v) is 13.4. The van der Waals surface area contributed by atoms with Crippen LogP contribution >= 0.6 is 34.4 Å². The van der Waals surface area contributed by atoms with Crippen molar-refractivity contribution >= 4 is 51.3 Å². The van der Waals surface area contributed by atoms with Crippen LogP contribution in [0.15, 0.2) is 22.7 Å². The quantitative estimate of drug-likeness (QED) is 0.275. The molecule has 0 bridgehead atoms. The van der Waals surface area contributed by atoms with Crippen LogP contribution in [-0.2, 0) is 22.5 Å². The van der Waals surface area contributed by atoms with Gasteiger partial charge in [0.2, 0.25) is 5.91 Å². The SMILES string of the molecule is CCCc1cc(-c2nnc(SCC(=O)Nc3sc(C)cc3C(=O)OCC)n2CCC)cs1. The number of thioether (sulfide) groups is 1. The van der Waals surface area contributed by atoms with Crippen molar-refractivity contribution in [1.29, 1.82) is 0 Å². The maximum atomic E-state index is 12.6. The molecule has 0 spiro atoms. The van der Waals surface area contributed by atoms with Gasteiger partial charge < -0.3 is 14.6 Å². The maximum Gasteiger partial charge on any atom is 0.341 e. The Kier molecular flexibility index (Phi) is 8.89. The van der Waals surface area contributed by atoms with Gasteiger partial charge in [0.1, 0.15) is 5.00 Å². The molecule has 0 atom stereocenters. The average Bonchev–Trinajstić information content (AvgIpc) is 3.46. The van der Waals surface area contributed by atoms with E-state index in [1.165, 1.54) is 28.0 Å². The fraction of sp³-hybridized carbons (Fsp3) is 0.455. The molecule has 0 aromatic carbocycles. The van der Waals surface area contributed by atoms with Crippen molar-refractivity contribution in [1.82, 2.24) is 14.8 Å². The molecule has 3 rings (SSSR count). The lowest BCUT2D eigenvalue weighted by molar-refractivity contribution is -0.113. The minimum atomic E-state index is -0.426. The predicted octanol–water partition coefficient (Wildman–Crippen LogP) is 5.65. The van der Waals surface area contributed by atoms with Gasteiger partial charge in [-0.3, -0.25) is 4.79 Å². The molecule has 0 aliphatic rings. The molecular formula is C22H28N4O3S3. The summed E-state index contributed by atoms with van der Waals surface area (Å²) >= 11 is 4.46. The van der Waals surface area contributed by atoms with Crippen molar-refractivity contribution in [3.63, 3.8) is 0 Å². The van der Waals surface area contributed by atoms with E-state index in [0.29, 0.717) is 15.7 Å². The summed E-state index contributed by atoms with van der Waals surface area (Å²) in [5.74, 6) is 0.388. The summed E-state index contributed by atoms with van der Waals surface area (Å²) < 4.78 is 7.17. The molecule has 3 aromatic rings. The van der Waals surface area contributed by atoms with Gasteiger partial charge in [0, 0.05) is 27.2 Å². The standard InChI is InChI=1S/C22H28N4O3S3/c1-5-8-16-11-15(12-30-16)19-24-25-22(26(19)9-6-2)31-13-18(27)23-20-17(10-14(4)32-20)21(28)29-7-3/h10-12H,5-9,13H2,1-4H3,(H,23,27). The van der Waals surface area contributed by atoms with Gasteiger partial charge >= 0.3 is 5.97 Å². The monoisotopic (exact) mass is 492 g/mol. The lowest BCUT2D eigenvalue weighted by atomic mass is 10.2. The largest absolute Gasteiger partial charge is 0.462 e. The van der Waals surface area contributed by atoms with E-state index in [0.717, 1.165) is 42.1 Å². The van der Waals surface area contributed by atoms with E-state index in [2.05, 4.69) is 45.4 Å². The van der Waals surface area contributed by atoms with Crippen molar-refractivity contribution in [3.05, 3.63) is 32.8 Å². The van der Waals surface area contributed by atoms with E-state index >= 15 is 0 Å². The molecule has 7 nitrogen and oxygen atoms in total. The number of esters is 1. The summed E-state index contributed by atoms with van der Waals surface area (Å²) in [6, 6.07) is 3.92. The number of hydrogen-bond donors (Lipinski definition) is 1. The molecule has 0 aliphatic heterocycles. The second kappa shape index (κ2) is 11.6. The number of ether oxygens (including phenoxy) is 1. The number of nitrogens with one attached hydrogen (secondary N) is 1. The molecule has 172 valence electrons. The van der Waals surface area contributed by atoms with E-state index in [-0.39, 0.29) is 18.3 Å². The molecule has 0 saturated carbocycles. The Bertz CT molecular complexity index is 1070. The second-order valence-electron chi connectivity index (χ2n) is 7.17. The molecule has 3 aromatic heterocycles. The number of aryl methyl sites for hydroxylation is 2. The van der Waals surface area contributed by atoms with Gasteiger partial charge in [0.25, 0.3) is 0 Å². The van der Waals surface area contributed by atoms with Crippen LogP contribution in [0.1, 0.15) is 53.7 Å². The molecule has 0 fully saturated rings. The third-order valence-electron chi connectivity index (χ3n) is 4.51. The summed E-state index contributed by atoms with van der Waals surface area (Å²) in [4.78, 5) is 27.0. The molecule has 1 amide bonds. The number of rotatable bonds is 11. The zero-order chi connectivity index (χ0) is 23.1. The third kappa shape index (κ3) is 5.99. The van der Waals surface area contributed by atoms with Gasteiger partial charge in [0.05, 0.1) is 17.9 Å². The molecular weight excluding hydrogens is 464 g/mol. The van der Waals surface area contributed by atoms with Gasteiger partial charge in [-0.15, -0.1) is 32.9 Å². The van der Waals surface area contributed by atoms with Crippen molar-refractivity contribution < 1.29 is 14.3 Å². The Morgan fingerprint density at radius 1 is 1.19 bits per heavy atom. The second-order valence-corrected chi connectivity index (χ2v) is 10.4. The molecule has 3 heterocycles. The molecule has 0 radical (unpaired) electrons. The Labute approximate surface area is 200 Å². The first kappa shape index (κ1) is 24.5. The Morgan fingerprint density at radius 2 is 2.00 bits per heavy atom. The van der Waals surface area contributed by atoms with Gasteiger partial charge in [0.15, 0.2) is 11.0 Å². The van der Waals surface area contributed by atoms with E-state index in [9.17, 15) is 9.59 Å². The number of anilines is 1. The molecule has 0 aliphatic carbocycles. The summed E-state index contributed by atoms with van der Waals surface area (Å²) in [5, 5.41) is 15.0. The number of amides is 1. The third-order valence-corrected chi connectivity index (χ3v) is 7.44. The molecule has 10 heteroatoms. The fourth-order valence-electron chi connectivity index (χ4n) is 3.17. The molecule has 0 unspecified atom stereocenters. The predicted molar refractivity (Wildman–Crippen MR) is 132 cm³/mol. The van der Waals surface area contributed by atoms with Crippen LogP contribution in [-0.4, -0.2) is 39.0 Å². The highest BCUT2D eigenvalue weighted by Crippen LogP contribution is 2.30. The summed E-state index contributed by atoms with van der Waals surface area (Å²) in [7, 11) is 0. The number of carbonyl (C=O) groups excluding carboxylic acids is 2. The van der Waals surface area contributed by atoms with Crippen LogP contribution < -0.4 is 5.32 Å². The fourth-order valence-corrected chi connectivity index (χ4v) is 5.82. The number of nitrogens with zero attached hydrogens (tertiary/aromatic N) is 3. The van der Waals surface area contributed by atoms with E-state index in [1.54, 1.807) is 24.3 Å². The average molecular weight is 493 g/mol. The van der Waals surface area contributed by atoms with Crippen LogP contribution in [0, 0.1) is 6.92 Å². The zero-order valence-corrected chi connectivity index (χ0v) is 21.2. The number of hydrogen-bond acceptors (Lipinski definition) is 8. The Morgan fingerprint density at radius 3 is 2.72 bits per heavy atom. The summed E-state index contributed by atoms with van der Waals surface area (Å²) in [6.45, 7) is 9.00. The minimum Gasteiger partial charge on any atom is -0.462 e. The maximum absolute atomic E-state index is 12.6. The van der Waals surface area contributed by atoms with E-state index < -0.39 is 5.97 Å². The van der Waals surface area contributed by atoms with Crippen molar-refractivity contribution in [2.24, 2.45) is 0 Å². The van der Waals surface area contributed by atoms with E-state index in [1.807, 2.05) is 6.92 Å². The minimum absolute atomic E-state index is 0.172. The van der Waals surface area contributed by atoms with Crippen molar-refractivity contribution in [2.75, 3.05) is 17.7 Å². The zero-order valence-electron chi connectivity index (χ0n) is 18.8. The summed E-state index contributed by atoms with van der Waals surface area (Å²) in [5.41, 5.74) is 1.47. The highest BCUT2D eigenvalue weighted by molar-refractivity contribution is 7.99. The number of carbonyl (C=O) groups is 2. The van der Waals surface area contributed by atoms with Gasteiger partial charge in [-0.05, 0) is 38.8 Å². The first-order chi connectivity index (χ1) is 15.5. The number of thiophene rings is 2. The van der Waals surface area contributed by atoms with Crippen molar-refractivity contribution in [2.45, 2.75) is 58.7 Å². The summed E-state index contributed by atoms with van der Waals surface area (Å²) in [6.07, 6.45) is 3.11. The van der Waals surface area contributed by atoms with Crippen LogP contribution in [0.3, 0.4) is 0 Å². The van der Waals surface area contributed by atoms with E-state index in [4.69, 9.17) is 4.74 Å². The van der Waals surface area contributed by atoms with Gasteiger partial charge in [-0.25, -0.2) is 4.79 Å². The first-order valence-electron chi connectivity index (χ1n) is 10.7. The Balaban J connectivity index is 1.70. The molecule has 0 saturated heterocycles. The van der Waals surface area contributed by atoms with Crippen LogP contribution in [0.25, 0.3) is 11.4 Å². The lowest BCUT2D eigenvalue weighted by Crippen LogP contribution is -2.16. The Hall–Kier alpha value is -2.17. The van der Waals surface area contributed by atoms with Gasteiger partial charge in [-0.1, -0.05) is 32.0 Å². The van der Waals surface area contributed by atoms with Gasteiger partial charge in [-0.2, -0.15) is 0 Å². The highest BCUT2D eigenvalue weighted by atomic mass is 32.2. The molecule has 1 N–H and O–H groups in total. The lowest BCUT2D eigenvalue weighted by Gasteiger charge is -2.08. The normalized spacial score (nSPS) is 11.0. The topological polar surface area (TPSA) is 86.1 Å². The highest BCUT2D eigenvalue weighted by Gasteiger charge is 2.20. The van der Waals surface area contributed by atoms with Crippen LogP contribution in [0.5, 0.6) is 0 Å². The van der Waals surface area contributed by atoms with Crippen LogP contribution in [0.2, 0.25) is 0 Å². The number of aromatic nitrogens is 3. The van der Waals surface area contributed by atoms with Crippen LogP contribution in [0.4, 0.5) is 5.00 Å². The van der Waals surface area contributed by atoms with Crippen molar-refractivity contribution in [3.8, 4) is 11.4 Å².